The Morgan fingerprint density at radius 2 is 1.77 bits per heavy atom. The second kappa shape index (κ2) is 7.70. The maximum atomic E-state index is 12.6. The lowest BCUT2D eigenvalue weighted by Gasteiger charge is -2.32. The molecule has 1 aliphatic heterocycles. The minimum Gasteiger partial charge on any atom is -0.368 e. The Labute approximate surface area is 154 Å². The molecule has 1 saturated heterocycles. The van der Waals surface area contributed by atoms with Crippen molar-refractivity contribution in [2.24, 2.45) is 0 Å². The van der Waals surface area contributed by atoms with Gasteiger partial charge in [-0.2, -0.15) is 4.98 Å². The highest BCUT2D eigenvalue weighted by Gasteiger charge is 2.20. The third-order valence-corrected chi connectivity index (χ3v) is 4.40. The van der Waals surface area contributed by atoms with E-state index in [1.807, 2.05) is 49.1 Å². The average Bonchev–Trinajstić information content (AvgIpc) is 2.61. The number of carbonyl (C=O) groups is 1. The van der Waals surface area contributed by atoms with Gasteiger partial charge in [-0.25, -0.2) is 4.98 Å². The standard InChI is InChI=1S/C19H26N6O/c1-13(2)21-17-12-16(22-19(20)23-17)14-4-6-15(7-5-14)18(26)25-10-8-24(3)9-11-25/h4-7,12-13H,8-11H2,1-3H3,(H3,20,21,22,23). The number of benzene rings is 1. The molecule has 1 fully saturated rings. The molecule has 1 amide bonds. The number of aromatic nitrogens is 2. The number of nitrogen functional groups attached to an aromatic ring is 1. The zero-order valence-electron chi connectivity index (χ0n) is 15.6. The first-order valence-corrected chi connectivity index (χ1v) is 8.92. The molecule has 1 aromatic carbocycles. The van der Waals surface area contributed by atoms with Crippen LogP contribution in [0.25, 0.3) is 11.3 Å². The van der Waals surface area contributed by atoms with Crippen LogP contribution in [0.2, 0.25) is 0 Å². The van der Waals surface area contributed by atoms with Crippen molar-refractivity contribution >= 4 is 17.7 Å². The lowest BCUT2D eigenvalue weighted by atomic mass is 10.1. The third-order valence-electron chi connectivity index (χ3n) is 4.40. The molecule has 0 radical (unpaired) electrons. The lowest BCUT2D eigenvalue weighted by molar-refractivity contribution is 0.0664. The SMILES string of the molecule is CC(C)Nc1cc(-c2ccc(C(=O)N3CCN(C)CC3)cc2)nc(N)n1. The van der Waals surface area contributed by atoms with Crippen LogP contribution in [0.4, 0.5) is 11.8 Å². The molecule has 26 heavy (non-hydrogen) atoms. The molecule has 138 valence electrons. The molecule has 0 atom stereocenters. The number of piperazine rings is 1. The van der Waals surface area contributed by atoms with E-state index in [9.17, 15) is 4.79 Å². The molecule has 1 aromatic heterocycles. The quantitative estimate of drug-likeness (QED) is 0.872. The Morgan fingerprint density at radius 1 is 1.12 bits per heavy atom. The number of amides is 1. The van der Waals surface area contributed by atoms with E-state index in [-0.39, 0.29) is 17.9 Å². The molecule has 7 nitrogen and oxygen atoms in total. The Kier molecular flexibility index (Phi) is 5.37. The molecule has 3 rings (SSSR count). The summed E-state index contributed by atoms with van der Waals surface area (Å²) < 4.78 is 0. The van der Waals surface area contributed by atoms with Crippen LogP contribution in [0.5, 0.6) is 0 Å². The number of likely N-dealkylation sites (N-methyl/N-ethyl adjacent to an activating group) is 1. The highest BCUT2D eigenvalue weighted by molar-refractivity contribution is 5.94. The van der Waals surface area contributed by atoms with Crippen molar-refractivity contribution in [3.63, 3.8) is 0 Å². The summed E-state index contributed by atoms with van der Waals surface area (Å²) in [6.45, 7) is 7.44. The van der Waals surface area contributed by atoms with Crippen LogP contribution in [-0.4, -0.2) is 64.9 Å². The molecular weight excluding hydrogens is 328 g/mol. The number of hydrogen-bond donors (Lipinski definition) is 2. The van der Waals surface area contributed by atoms with Gasteiger partial charge in [0.1, 0.15) is 5.82 Å². The van der Waals surface area contributed by atoms with E-state index in [1.54, 1.807) is 0 Å². The van der Waals surface area contributed by atoms with Crippen LogP contribution in [0.3, 0.4) is 0 Å². The summed E-state index contributed by atoms with van der Waals surface area (Å²) in [6, 6.07) is 9.64. The van der Waals surface area contributed by atoms with Crippen LogP contribution in [-0.2, 0) is 0 Å². The first-order valence-electron chi connectivity index (χ1n) is 8.92. The van der Waals surface area contributed by atoms with E-state index in [0.29, 0.717) is 11.4 Å². The number of anilines is 2. The van der Waals surface area contributed by atoms with E-state index in [4.69, 9.17) is 5.73 Å². The molecule has 2 aromatic rings. The summed E-state index contributed by atoms with van der Waals surface area (Å²) >= 11 is 0. The fourth-order valence-electron chi connectivity index (χ4n) is 2.96. The molecule has 0 aliphatic carbocycles. The third kappa shape index (κ3) is 4.29. The monoisotopic (exact) mass is 354 g/mol. The van der Waals surface area contributed by atoms with E-state index in [2.05, 4.69) is 27.2 Å². The summed E-state index contributed by atoms with van der Waals surface area (Å²) in [6.07, 6.45) is 0. The van der Waals surface area contributed by atoms with Gasteiger partial charge >= 0.3 is 0 Å². The first kappa shape index (κ1) is 18.1. The lowest BCUT2D eigenvalue weighted by Crippen LogP contribution is -2.47. The van der Waals surface area contributed by atoms with Crippen molar-refractivity contribution in [1.29, 1.82) is 0 Å². The number of carbonyl (C=O) groups excluding carboxylic acids is 1. The van der Waals surface area contributed by atoms with Gasteiger partial charge in [0.25, 0.3) is 5.91 Å². The van der Waals surface area contributed by atoms with Crippen molar-refractivity contribution in [2.45, 2.75) is 19.9 Å². The van der Waals surface area contributed by atoms with E-state index in [1.165, 1.54) is 0 Å². The summed E-state index contributed by atoms with van der Waals surface area (Å²) in [7, 11) is 2.08. The van der Waals surface area contributed by atoms with Crippen molar-refractivity contribution in [3.8, 4) is 11.3 Å². The number of nitrogens with zero attached hydrogens (tertiary/aromatic N) is 4. The Hall–Kier alpha value is -2.67. The Morgan fingerprint density at radius 3 is 2.38 bits per heavy atom. The molecule has 0 bridgehead atoms. The Balaban J connectivity index is 1.77. The van der Waals surface area contributed by atoms with Crippen molar-refractivity contribution < 1.29 is 4.79 Å². The first-order chi connectivity index (χ1) is 12.4. The van der Waals surface area contributed by atoms with Gasteiger partial charge in [-0.15, -0.1) is 0 Å². The van der Waals surface area contributed by atoms with Gasteiger partial charge in [0.2, 0.25) is 5.95 Å². The van der Waals surface area contributed by atoms with E-state index < -0.39 is 0 Å². The number of nitrogens with two attached hydrogens (primary N) is 1. The van der Waals surface area contributed by atoms with Crippen LogP contribution in [0, 0.1) is 0 Å². The fourth-order valence-corrected chi connectivity index (χ4v) is 2.96. The molecular formula is C19H26N6O. The molecule has 0 spiro atoms. The fraction of sp³-hybridized carbons (Fsp3) is 0.421. The number of hydrogen-bond acceptors (Lipinski definition) is 6. The van der Waals surface area contributed by atoms with Crippen LogP contribution < -0.4 is 11.1 Å². The largest absolute Gasteiger partial charge is 0.368 e. The topological polar surface area (TPSA) is 87.4 Å². The number of rotatable bonds is 4. The molecule has 0 unspecified atom stereocenters. The molecule has 1 aliphatic rings. The summed E-state index contributed by atoms with van der Waals surface area (Å²) in [5.74, 6) is 0.998. The molecule has 7 heteroatoms. The molecule has 2 heterocycles. The predicted molar refractivity (Wildman–Crippen MR) is 104 cm³/mol. The number of nitrogens with one attached hydrogen (secondary N) is 1. The second-order valence-corrected chi connectivity index (χ2v) is 6.97. The summed E-state index contributed by atoms with van der Waals surface area (Å²) in [5.41, 5.74) is 8.17. The zero-order valence-corrected chi connectivity index (χ0v) is 15.6. The van der Waals surface area contributed by atoms with Gasteiger partial charge in [-0.1, -0.05) is 12.1 Å². The molecule has 3 N–H and O–H groups in total. The van der Waals surface area contributed by atoms with E-state index in [0.717, 1.165) is 37.4 Å². The second-order valence-electron chi connectivity index (χ2n) is 6.97. The highest BCUT2D eigenvalue weighted by atomic mass is 16.2. The highest BCUT2D eigenvalue weighted by Crippen LogP contribution is 2.22. The molecule has 0 saturated carbocycles. The zero-order chi connectivity index (χ0) is 18.7. The van der Waals surface area contributed by atoms with Gasteiger partial charge in [0, 0.05) is 49.4 Å². The maximum absolute atomic E-state index is 12.6. The van der Waals surface area contributed by atoms with Gasteiger partial charge < -0.3 is 20.9 Å². The normalized spacial score (nSPS) is 15.3. The van der Waals surface area contributed by atoms with Crippen LogP contribution >= 0.6 is 0 Å². The summed E-state index contributed by atoms with van der Waals surface area (Å²) in [4.78, 5) is 25.3. The minimum absolute atomic E-state index is 0.0778. The average molecular weight is 354 g/mol. The predicted octanol–water partition coefficient (Wildman–Crippen LogP) is 1.93. The maximum Gasteiger partial charge on any atom is 0.253 e. The van der Waals surface area contributed by atoms with Gasteiger partial charge in [-0.05, 0) is 33.0 Å². The van der Waals surface area contributed by atoms with Crippen molar-refractivity contribution in [2.75, 3.05) is 44.3 Å². The van der Waals surface area contributed by atoms with Crippen molar-refractivity contribution in [1.82, 2.24) is 19.8 Å². The van der Waals surface area contributed by atoms with E-state index >= 15 is 0 Å². The van der Waals surface area contributed by atoms with Crippen molar-refractivity contribution in [3.05, 3.63) is 35.9 Å². The minimum atomic E-state index is 0.0778. The van der Waals surface area contributed by atoms with Gasteiger partial charge in [0.15, 0.2) is 0 Å². The van der Waals surface area contributed by atoms with Crippen LogP contribution in [0.15, 0.2) is 30.3 Å². The van der Waals surface area contributed by atoms with Gasteiger partial charge in [0.05, 0.1) is 5.69 Å². The Bertz CT molecular complexity index is 766. The smallest absolute Gasteiger partial charge is 0.253 e. The summed E-state index contributed by atoms with van der Waals surface area (Å²) in [5, 5.41) is 3.24. The van der Waals surface area contributed by atoms with Crippen LogP contribution in [0.1, 0.15) is 24.2 Å². The van der Waals surface area contributed by atoms with Gasteiger partial charge in [-0.3, -0.25) is 4.79 Å².